The molecule has 0 saturated carbocycles. The van der Waals surface area contributed by atoms with Gasteiger partial charge in [0.2, 0.25) is 10.0 Å². The molecule has 1 aliphatic heterocycles. The Bertz CT molecular complexity index is 654. The van der Waals surface area contributed by atoms with Crippen molar-refractivity contribution in [2.45, 2.75) is 10.9 Å². The summed E-state index contributed by atoms with van der Waals surface area (Å²) in [7, 11) is -0.914. The van der Waals surface area contributed by atoms with Crippen LogP contribution in [0.25, 0.3) is 0 Å². The predicted molar refractivity (Wildman–Crippen MR) is 75.7 cm³/mol. The van der Waals surface area contributed by atoms with Crippen molar-refractivity contribution in [3.8, 4) is 17.6 Å². The lowest BCUT2D eigenvalue weighted by molar-refractivity contribution is 0.309. The van der Waals surface area contributed by atoms with Crippen molar-refractivity contribution in [1.29, 1.82) is 5.26 Å². The van der Waals surface area contributed by atoms with Gasteiger partial charge in [0.15, 0.2) is 0 Å². The summed E-state index contributed by atoms with van der Waals surface area (Å²) in [5, 5.41) is 12.1. The maximum Gasteiger partial charge on any atom is 0.248 e. The number of benzene rings is 1. The second-order valence-corrected chi connectivity index (χ2v) is 6.34. The van der Waals surface area contributed by atoms with Crippen LogP contribution in [0.1, 0.15) is 0 Å². The van der Waals surface area contributed by atoms with Gasteiger partial charge in [-0.25, -0.2) is 8.42 Å². The van der Waals surface area contributed by atoms with Crippen molar-refractivity contribution in [3.05, 3.63) is 18.2 Å². The molecule has 114 valence electrons. The van der Waals surface area contributed by atoms with Crippen LogP contribution in [0.3, 0.4) is 0 Å². The third kappa shape index (κ3) is 2.95. The number of nitriles is 1. The number of ether oxygens (including phenoxy) is 2. The smallest absolute Gasteiger partial charge is 0.248 e. The van der Waals surface area contributed by atoms with Gasteiger partial charge in [-0.2, -0.15) is 9.57 Å². The maximum absolute atomic E-state index is 12.8. The highest BCUT2D eigenvalue weighted by Gasteiger charge is 2.35. The monoisotopic (exact) mass is 311 g/mol. The van der Waals surface area contributed by atoms with Crippen LogP contribution >= 0.6 is 0 Å². The van der Waals surface area contributed by atoms with E-state index in [4.69, 9.17) is 14.7 Å². The molecule has 0 spiro atoms. The molecule has 1 atom stereocenters. The Morgan fingerprint density at radius 3 is 2.76 bits per heavy atom. The van der Waals surface area contributed by atoms with Gasteiger partial charge in [-0.1, -0.05) is 0 Å². The SMILES string of the molecule is COc1ccc(S(=O)(=O)N2CCNCC2C#N)c(OC)c1. The van der Waals surface area contributed by atoms with Gasteiger partial charge in [-0.05, 0) is 12.1 Å². The van der Waals surface area contributed by atoms with Gasteiger partial charge in [0.1, 0.15) is 22.4 Å². The minimum absolute atomic E-state index is 0.0351. The van der Waals surface area contributed by atoms with Crippen molar-refractivity contribution >= 4 is 10.0 Å². The second-order valence-electron chi connectivity index (χ2n) is 4.48. The van der Waals surface area contributed by atoms with Crippen LogP contribution < -0.4 is 14.8 Å². The van der Waals surface area contributed by atoms with Gasteiger partial charge in [0.25, 0.3) is 0 Å². The lowest BCUT2D eigenvalue weighted by atomic mass is 10.3. The Labute approximate surface area is 124 Å². The summed E-state index contributed by atoms with van der Waals surface area (Å²) >= 11 is 0. The normalized spacial score (nSPS) is 19.8. The predicted octanol–water partition coefficient (Wildman–Crippen LogP) is 0.190. The Kier molecular flexibility index (Phi) is 4.67. The molecule has 8 heteroatoms. The number of nitrogens with one attached hydrogen (secondary N) is 1. The fourth-order valence-electron chi connectivity index (χ4n) is 2.20. The topological polar surface area (TPSA) is 91.7 Å². The fraction of sp³-hybridized carbons (Fsp3) is 0.462. The van der Waals surface area contributed by atoms with Crippen LogP contribution in [0, 0.1) is 11.3 Å². The largest absolute Gasteiger partial charge is 0.497 e. The average molecular weight is 311 g/mol. The van der Waals surface area contributed by atoms with Gasteiger partial charge < -0.3 is 14.8 Å². The maximum atomic E-state index is 12.8. The molecular weight excluding hydrogens is 294 g/mol. The number of sulfonamides is 1. The number of nitrogens with zero attached hydrogens (tertiary/aromatic N) is 2. The van der Waals surface area contributed by atoms with E-state index in [1.54, 1.807) is 6.07 Å². The van der Waals surface area contributed by atoms with Crippen LogP contribution in [-0.2, 0) is 10.0 Å². The van der Waals surface area contributed by atoms with E-state index in [1.807, 2.05) is 6.07 Å². The van der Waals surface area contributed by atoms with Gasteiger partial charge in [-0.15, -0.1) is 0 Å². The zero-order valence-corrected chi connectivity index (χ0v) is 12.7. The Morgan fingerprint density at radius 1 is 1.38 bits per heavy atom. The zero-order chi connectivity index (χ0) is 15.5. The Balaban J connectivity index is 2.46. The number of methoxy groups -OCH3 is 2. The van der Waals surface area contributed by atoms with E-state index in [1.165, 1.54) is 30.7 Å². The number of hydrogen-bond acceptors (Lipinski definition) is 6. The quantitative estimate of drug-likeness (QED) is 0.853. The van der Waals surface area contributed by atoms with Crippen LogP contribution in [0.15, 0.2) is 23.1 Å². The first-order valence-electron chi connectivity index (χ1n) is 6.38. The van der Waals surface area contributed by atoms with E-state index < -0.39 is 16.1 Å². The molecule has 2 rings (SSSR count). The first kappa shape index (κ1) is 15.6. The molecule has 0 amide bonds. The summed E-state index contributed by atoms with van der Waals surface area (Å²) in [6, 6.07) is 5.78. The van der Waals surface area contributed by atoms with E-state index in [0.29, 0.717) is 18.8 Å². The highest BCUT2D eigenvalue weighted by Crippen LogP contribution is 2.31. The summed E-state index contributed by atoms with van der Waals surface area (Å²) in [6.45, 7) is 1.07. The first-order chi connectivity index (χ1) is 10.0. The summed E-state index contributed by atoms with van der Waals surface area (Å²) in [4.78, 5) is 0.0351. The third-order valence-corrected chi connectivity index (χ3v) is 5.25. The van der Waals surface area contributed by atoms with Gasteiger partial charge in [0.05, 0.1) is 20.3 Å². The summed E-state index contributed by atoms with van der Waals surface area (Å²) in [5.74, 6) is 0.701. The van der Waals surface area contributed by atoms with Crippen LogP contribution in [0.2, 0.25) is 0 Å². The van der Waals surface area contributed by atoms with Gasteiger partial charge in [0, 0.05) is 25.7 Å². The molecule has 1 aromatic carbocycles. The van der Waals surface area contributed by atoms with Crippen molar-refractivity contribution in [3.63, 3.8) is 0 Å². The Morgan fingerprint density at radius 2 is 2.14 bits per heavy atom. The van der Waals surface area contributed by atoms with Crippen LogP contribution in [-0.4, -0.2) is 52.6 Å². The van der Waals surface area contributed by atoms with E-state index >= 15 is 0 Å². The van der Waals surface area contributed by atoms with E-state index in [0.717, 1.165) is 0 Å². The molecule has 0 aliphatic carbocycles. The molecule has 0 bridgehead atoms. The van der Waals surface area contributed by atoms with Crippen molar-refractivity contribution < 1.29 is 17.9 Å². The third-order valence-electron chi connectivity index (χ3n) is 3.30. The molecule has 7 nitrogen and oxygen atoms in total. The van der Waals surface area contributed by atoms with Gasteiger partial charge in [-0.3, -0.25) is 0 Å². The van der Waals surface area contributed by atoms with Crippen molar-refractivity contribution in [2.24, 2.45) is 0 Å². The van der Waals surface area contributed by atoms with Crippen molar-refractivity contribution in [1.82, 2.24) is 9.62 Å². The first-order valence-corrected chi connectivity index (χ1v) is 7.82. The highest BCUT2D eigenvalue weighted by molar-refractivity contribution is 7.89. The van der Waals surface area contributed by atoms with E-state index in [2.05, 4.69) is 5.32 Å². The minimum atomic E-state index is -3.80. The minimum Gasteiger partial charge on any atom is -0.497 e. The molecule has 21 heavy (non-hydrogen) atoms. The molecule has 1 aromatic rings. The van der Waals surface area contributed by atoms with E-state index in [-0.39, 0.29) is 17.2 Å². The molecule has 1 heterocycles. The number of hydrogen-bond donors (Lipinski definition) is 1. The average Bonchev–Trinajstić information content (AvgIpc) is 2.53. The van der Waals surface area contributed by atoms with Crippen molar-refractivity contribution in [2.75, 3.05) is 33.9 Å². The molecule has 1 aliphatic rings. The molecule has 1 N–H and O–H groups in total. The Hall–Kier alpha value is -1.82. The lowest BCUT2D eigenvalue weighted by Crippen LogP contribution is -2.52. The number of rotatable bonds is 4. The molecule has 1 fully saturated rings. The fourth-order valence-corrected chi connectivity index (χ4v) is 3.88. The second kappa shape index (κ2) is 6.30. The van der Waals surface area contributed by atoms with E-state index in [9.17, 15) is 8.42 Å². The standard InChI is InChI=1S/C13H17N3O4S/c1-19-11-3-4-13(12(7-11)20-2)21(17,18)16-6-5-15-9-10(16)8-14/h3-4,7,10,15H,5-6,9H2,1-2H3. The number of piperazine rings is 1. The zero-order valence-electron chi connectivity index (χ0n) is 11.9. The molecule has 0 radical (unpaired) electrons. The molecule has 0 aromatic heterocycles. The highest BCUT2D eigenvalue weighted by atomic mass is 32.2. The summed E-state index contributed by atoms with van der Waals surface area (Å²) in [6.07, 6.45) is 0. The summed E-state index contributed by atoms with van der Waals surface area (Å²) in [5.41, 5.74) is 0. The van der Waals surface area contributed by atoms with Crippen LogP contribution in [0.5, 0.6) is 11.5 Å². The van der Waals surface area contributed by atoms with Gasteiger partial charge >= 0.3 is 0 Å². The summed E-state index contributed by atoms with van der Waals surface area (Å²) < 4.78 is 36.9. The molecule has 1 saturated heterocycles. The van der Waals surface area contributed by atoms with Crippen LogP contribution in [0.4, 0.5) is 0 Å². The molecule has 1 unspecified atom stereocenters. The molecular formula is C13H17N3O4S. The lowest BCUT2D eigenvalue weighted by Gasteiger charge is -2.31.